The fraction of sp³-hybridized carbons (Fsp3) is 0.269. The predicted molar refractivity (Wildman–Crippen MR) is 117 cm³/mol. The van der Waals surface area contributed by atoms with Crippen LogP contribution in [-0.2, 0) is 11.8 Å². The topological polar surface area (TPSA) is 12.9 Å². The lowest BCUT2D eigenvalue weighted by Gasteiger charge is -2.28. The van der Waals surface area contributed by atoms with Crippen LogP contribution in [0.25, 0.3) is 21.7 Å². The quantitative estimate of drug-likeness (QED) is 0.384. The normalized spacial score (nSPS) is 12.2. The van der Waals surface area contributed by atoms with Gasteiger partial charge in [0.15, 0.2) is 0 Å². The van der Waals surface area contributed by atoms with Gasteiger partial charge in [-0.15, -0.1) is 0 Å². The van der Waals surface area contributed by atoms with Gasteiger partial charge in [0.1, 0.15) is 0 Å². The molecule has 1 heterocycles. The Hall–Kier alpha value is -2.67. The van der Waals surface area contributed by atoms with Crippen LogP contribution >= 0.6 is 0 Å². The van der Waals surface area contributed by atoms with Crippen molar-refractivity contribution in [2.24, 2.45) is 0 Å². The number of hydrogen-bond donors (Lipinski definition) is 0. The van der Waals surface area contributed by atoms with Crippen LogP contribution in [0.2, 0.25) is 0 Å². The van der Waals surface area contributed by atoms with Crippen molar-refractivity contribution < 1.29 is 0 Å². The SMILES string of the molecule is CC(C)c1ccc(CC(C)(C)c2ccnc3ccccc23)c2ccccc12. The van der Waals surface area contributed by atoms with Crippen LogP contribution < -0.4 is 0 Å². The summed E-state index contributed by atoms with van der Waals surface area (Å²) >= 11 is 0. The standard InChI is InChI=1S/C26H27N/c1-18(2)20-14-13-19(21-9-5-6-10-22(20)21)17-26(3,4)24-15-16-27-25-12-8-7-11-23(24)25/h5-16,18H,17H2,1-4H3. The monoisotopic (exact) mass is 353 g/mol. The maximum atomic E-state index is 4.54. The average Bonchev–Trinajstić information content (AvgIpc) is 2.67. The van der Waals surface area contributed by atoms with Gasteiger partial charge < -0.3 is 0 Å². The zero-order valence-corrected chi connectivity index (χ0v) is 16.7. The molecular formula is C26H27N. The Kier molecular flexibility index (Phi) is 4.47. The van der Waals surface area contributed by atoms with E-state index in [2.05, 4.69) is 99.4 Å². The first-order chi connectivity index (χ1) is 13.0. The summed E-state index contributed by atoms with van der Waals surface area (Å²) in [5.74, 6) is 0.529. The summed E-state index contributed by atoms with van der Waals surface area (Å²) in [6.45, 7) is 9.24. The Bertz CT molecular complexity index is 1100. The summed E-state index contributed by atoms with van der Waals surface area (Å²) in [7, 11) is 0. The number of nitrogens with zero attached hydrogens (tertiary/aromatic N) is 1. The van der Waals surface area contributed by atoms with Crippen molar-refractivity contribution >= 4 is 21.7 Å². The highest BCUT2D eigenvalue weighted by Gasteiger charge is 2.24. The van der Waals surface area contributed by atoms with Crippen LogP contribution in [0.3, 0.4) is 0 Å². The lowest BCUT2D eigenvalue weighted by molar-refractivity contribution is 0.528. The predicted octanol–water partition coefficient (Wildman–Crippen LogP) is 7.03. The third-order valence-electron chi connectivity index (χ3n) is 5.68. The first-order valence-electron chi connectivity index (χ1n) is 9.82. The third-order valence-corrected chi connectivity index (χ3v) is 5.68. The van der Waals surface area contributed by atoms with E-state index in [4.69, 9.17) is 0 Å². The molecule has 0 saturated carbocycles. The molecule has 3 aromatic carbocycles. The number of rotatable bonds is 4. The molecule has 0 unspecified atom stereocenters. The average molecular weight is 354 g/mol. The Labute approximate surface area is 162 Å². The van der Waals surface area contributed by atoms with Crippen LogP contribution in [0.15, 0.2) is 72.9 Å². The van der Waals surface area contributed by atoms with E-state index < -0.39 is 0 Å². The van der Waals surface area contributed by atoms with Gasteiger partial charge in [0, 0.05) is 11.6 Å². The van der Waals surface area contributed by atoms with Crippen molar-refractivity contribution in [2.75, 3.05) is 0 Å². The molecule has 136 valence electrons. The molecule has 0 saturated heterocycles. The summed E-state index contributed by atoms with van der Waals surface area (Å²) in [6.07, 6.45) is 2.94. The van der Waals surface area contributed by atoms with Crippen molar-refractivity contribution in [1.82, 2.24) is 4.98 Å². The third kappa shape index (κ3) is 3.23. The molecule has 0 aliphatic rings. The zero-order chi connectivity index (χ0) is 19.0. The number of hydrogen-bond acceptors (Lipinski definition) is 1. The highest BCUT2D eigenvalue weighted by molar-refractivity contribution is 5.89. The molecule has 0 spiro atoms. The molecular weight excluding hydrogens is 326 g/mol. The highest BCUT2D eigenvalue weighted by Crippen LogP contribution is 2.36. The molecule has 0 aliphatic carbocycles. The molecule has 0 fully saturated rings. The summed E-state index contributed by atoms with van der Waals surface area (Å²) in [5.41, 5.74) is 5.31. The lowest BCUT2D eigenvalue weighted by Crippen LogP contribution is -2.21. The Morgan fingerprint density at radius 3 is 2.19 bits per heavy atom. The van der Waals surface area contributed by atoms with E-state index in [-0.39, 0.29) is 5.41 Å². The largest absolute Gasteiger partial charge is 0.256 e. The minimum atomic E-state index is 0.0185. The lowest BCUT2D eigenvalue weighted by atomic mass is 9.76. The van der Waals surface area contributed by atoms with E-state index in [9.17, 15) is 0 Å². The van der Waals surface area contributed by atoms with Gasteiger partial charge in [0.25, 0.3) is 0 Å². The van der Waals surface area contributed by atoms with Crippen molar-refractivity contribution in [1.29, 1.82) is 0 Å². The molecule has 0 aliphatic heterocycles. The molecule has 0 bridgehead atoms. The first kappa shape index (κ1) is 17.7. The van der Waals surface area contributed by atoms with Crippen LogP contribution in [0.5, 0.6) is 0 Å². The van der Waals surface area contributed by atoms with E-state index >= 15 is 0 Å². The van der Waals surface area contributed by atoms with Crippen molar-refractivity contribution in [2.45, 2.75) is 45.4 Å². The number of pyridine rings is 1. The Morgan fingerprint density at radius 2 is 1.44 bits per heavy atom. The Morgan fingerprint density at radius 1 is 0.778 bits per heavy atom. The van der Waals surface area contributed by atoms with Gasteiger partial charge in [-0.3, -0.25) is 4.98 Å². The zero-order valence-electron chi connectivity index (χ0n) is 16.7. The van der Waals surface area contributed by atoms with E-state index in [1.165, 1.54) is 32.8 Å². The second kappa shape index (κ2) is 6.81. The molecule has 1 aromatic heterocycles. The van der Waals surface area contributed by atoms with E-state index in [0.717, 1.165) is 11.9 Å². The van der Waals surface area contributed by atoms with Crippen LogP contribution in [0.4, 0.5) is 0 Å². The molecule has 0 N–H and O–H groups in total. The number of fused-ring (bicyclic) bond motifs is 2. The maximum absolute atomic E-state index is 4.54. The molecule has 0 atom stereocenters. The first-order valence-corrected chi connectivity index (χ1v) is 9.82. The second-order valence-electron chi connectivity index (χ2n) is 8.45. The number of aromatic nitrogens is 1. The molecule has 0 amide bonds. The summed E-state index contributed by atoms with van der Waals surface area (Å²) in [5, 5.41) is 4.03. The molecule has 4 aromatic rings. The van der Waals surface area contributed by atoms with E-state index in [0.29, 0.717) is 5.92 Å². The van der Waals surface area contributed by atoms with Gasteiger partial charge >= 0.3 is 0 Å². The Balaban J connectivity index is 1.83. The van der Waals surface area contributed by atoms with Gasteiger partial charge in [-0.2, -0.15) is 0 Å². The van der Waals surface area contributed by atoms with Crippen LogP contribution in [0, 0.1) is 0 Å². The fourth-order valence-electron chi connectivity index (χ4n) is 4.30. The minimum Gasteiger partial charge on any atom is -0.256 e. The molecule has 1 heteroatoms. The molecule has 1 nitrogen and oxygen atoms in total. The van der Waals surface area contributed by atoms with Crippen LogP contribution in [0.1, 0.15) is 50.3 Å². The van der Waals surface area contributed by atoms with Gasteiger partial charge in [-0.25, -0.2) is 0 Å². The smallest absolute Gasteiger partial charge is 0.0704 e. The molecule has 4 rings (SSSR count). The van der Waals surface area contributed by atoms with Gasteiger partial charge in [0.05, 0.1) is 5.52 Å². The number of benzene rings is 3. The van der Waals surface area contributed by atoms with Gasteiger partial charge in [-0.05, 0) is 57.3 Å². The molecule has 0 radical (unpaired) electrons. The molecule has 27 heavy (non-hydrogen) atoms. The maximum Gasteiger partial charge on any atom is 0.0704 e. The van der Waals surface area contributed by atoms with Gasteiger partial charge in [0.2, 0.25) is 0 Å². The minimum absolute atomic E-state index is 0.0185. The van der Waals surface area contributed by atoms with E-state index in [1.54, 1.807) is 0 Å². The number of para-hydroxylation sites is 1. The van der Waals surface area contributed by atoms with Crippen molar-refractivity contribution in [3.63, 3.8) is 0 Å². The summed E-state index contributed by atoms with van der Waals surface area (Å²) in [6, 6.07) is 24.2. The van der Waals surface area contributed by atoms with Crippen molar-refractivity contribution in [3.8, 4) is 0 Å². The van der Waals surface area contributed by atoms with Crippen LogP contribution in [-0.4, -0.2) is 4.98 Å². The van der Waals surface area contributed by atoms with Gasteiger partial charge in [-0.1, -0.05) is 82.3 Å². The fourth-order valence-corrected chi connectivity index (χ4v) is 4.30. The highest BCUT2D eigenvalue weighted by atomic mass is 14.6. The second-order valence-corrected chi connectivity index (χ2v) is 8.45. The summed E-state index contributed by atoms with van der Waals surface area (Å²) < 4.78 is 0. The van der Waals surface area contributed by atoms with E-state index in [1.807, 2.05) is 6.20 Å². The van der Waals surface area contributed by atoms with Crippen molar-refractivity contribution in [3.05, 3.63) is 89.6 Å². The summed E-state index contributed by atoms with van der Waals surface area (Å²) in [4.78, 5) is 4.54.